The largest absolute Gasteiger partial charge is 0.457 e. The molecule has 1 aliphatic carbocycles. The highest BCUT2D eigenvalue weighted by atomic mass is 35.5. The number of esters is 1. The minimum Gasteiger partial charge on any atom is -0.457 e. The maximum absolute atomic E-state index is 14.3. The Hall–Kier alpha value is -3.96. The summed E-state index contributed by atoms with van der Waals surface area (Å²) in [7, 11) is 3.27. The Labute approximate surface area is 392 Å². The summed E-state index contributed by atoms with van der Waals surface area (Å²) in [6.07, 6.45) is 6.42. The number of allylic oxidation sites excluding steroid dienone is 3. The van der Waals surface area contributed by atoms with E-state index in [1.807, 2.05) is 58.1 Å². The van der Waals surface area contributed by atoms with Crippen LogP contribution in [0.25, 0.3) is 0 Å². The molecule has 0 aromatic heterocycles. The van der Waals surface area contributed by atoms with E-state index in [-0.39, 0.29) is 61.3 Å². The van der Waals surface area contributed by atoms with Crippen molar-refractivity contribution in [1.29, 1.82) is 0 Å². The van der Waals surface area contributed by atoms with Gasteiger partial charge in [0.2, 0.25) is 23.6 Å². The molecular formula is C48H67ClN4O11S. The molecule has 15 nitrogen and oxygen atoms in total. The van der Waals surface area contributed by atoms with E-state index in [1.165, 1.54) is 21.6 Å². The van der Waals surface area contributed by atoms with Gasteiger partial charge in [0.05, 0.1) is 28.5 Å². The number of aliphatic hydroxyl groups is 1. The van der Waals surface area contributed by atoms with E-state index in [1.54, 1.807) is 34.9 Å². The van der Waals surface area contributed by atoms with Crippen molar-refractivity contribution in [3.63, 3.8) is 0 Å². The maximum atomic E-state index is 14.3. The number of benzene rings is 1. The van der Waals surface area contributed by atoms with E-state index in [4.69, 9.17) is 30.5 Å². The smallest absolute Gasteiger partial charge is 0.409 e. The lowest BCUT2D eigenvalue weighted by molar-refractivity contribution is -0.177. The summed E-state index contributed by atoms with van der Waals surface area (Å²) in [6.45, 7) is 13.0. The number of halogens is 1. The monoisotopic (exact) mass is 942 g/mol. The molecule has 1 aromatic carbocycles. The van der Waals surface area contributed by atoms with Crippen LogP contribution in [0.3, 0.4) is 0 Å². The fourth-order valence-electron chi connectivity index (χ4n) is 9.53. The van der Waals surface area contributed by atoms with Crippen LogP contribution in [0, 0.1) is 30.6 Å². The Kier molecular flexibility index (Phi) is 15.9. The lowest BCUT2D eigenvalue weighted by atomic mass is 9.81. The average molecular weight is 944 g/mol. The molecule has 3 N–H and O–H groups in total. The maximum Gasteiger partial charge on any atom is 0.409 e. The van der Waals surface area contributed by atoms with Gasteiger partial charge in [-0.2, -0.15) is 0 Å². The Morgan fingerprint density at radius 1 is 1.08 bits per heavy atom. The fourth-order valence-corrected chi connectivity index (χ4v) is 10.9. The summed E-state index contributed by atoms with van der Waals surface area (Å²) in [5.74, 6) is -1.71. The van der Waals surface area contributed by atoms with Crippen LogP contribution in [0.15, 0.2) is 35.9 Å². The summed E-state index contributed by atoms with van der Waals surface area (Å²) in [6, 6.07) is 3.85. The lowest BCUT2D eigenvalue weighted by Crippen LogP contribution is -2.60. The summed E-state index contributed by atoms with van der Waals surface area (Å²) >= 11 is 8.22. The average Bonchev–Trinajstić information content (AvgIpc) is 3.88. The number of aryl methyl sites for hydroxylation is 1. The van der Waals surface area contributed by atoms with Crippen molar-refractivity contribution in [3.8, 4) is 0 Å². The summed E-state index contributed by atoms with van der Waals surface area (Å²) in [5, 5.41) is 17.0. The Morgan fingerprint density at radius 2 is 1.78 bits per heavy atom. The second kappa shape index (κ2) is 20.5. The zero-order valence-corrected chi connectivity index (χ0v) is 40.8. The van der Waals surface area contributed by atoms with Gasteiger partial charge in [-0.3, -0.25) is 29.4 Å². The summed E-state index contributed by atoms with van der Waals surface area (Å²) < 4.78 is 24.4. The quantitative estimate of drug-likeness (QED) is 0.0989. The van der Waals surface area contributed by atoms with Crippen LogP contribution in [-0.2, 0) is 49.3 Å². The van der Waals surface area contributed by atoms with Gasteiger partial charge in [-0.25, -0.2) is 9.59 Å². The molecule has 4 heterocycles. The number of nitrogens with one attached hydrogen (secondary N) is 2. The molecule has 4 bridgehead atoms. The third-order valence-corrected chi connectivity index (χ3v) is 15.8. The minimum atomic E-state index is -1.62. The van der Waals surface area contributed by atoms with Crippen molar-refractivity contribution in [3.05, 3.63) is 52.1 Å². The van der Waals surface area contributed by atoms with E-state index in [0.717, 1.165) is 42.4 Å². The number of carbonyl (C=O) groups is 6. The fraction of sp³-hybridized carbons (Fsp3) is 0.667. The number of hydrogen-bond acceptors (Lipinski definition) is 12. The molecule has 8 atom stereocenters. The number of epoxide rings is 1. The van der Waals surface area contributed by atoms with E-state index in [0.29, 0.717) is 35.8 Å². The highest BCUT2D eigenvalue weighted by molar-refractivity contribution is 8.00. The van der Waals surface area contributed by atoms with Crippen molar-refractivity contribution < 1.29 is 52.8 Å². The number of imide groups is 1. The molecule has 4 fully saturated rings. The molecule has 0 spiro atoms. The van der Waals surface area contributed by atoms with Crippen LogP contribution >= 0.6 is 23.4 Å². The molecule has 65 heavy (non-hydrogen) atoms. The van der Waals surface area contributed by atoms with Crippen molar-refractivity contribution in [2.24, 2.45) is 23.7 Å². The number of rotatable bonds is 11. The summed E-state index contributed by atoms with van der Waals surface area (Å²) in [5.41, 5.74) is -1.01. The molecule has 1 aromatic rings. The number of likely N-dealkylation sites (tertiary alicyclic amines) is 1. The number of alkyl carbamates (subject to hydrolysis) is 1. The highest BCUT2D eigenvalue weighted by Crippen LogP contribution is 2.49. The van der Waals surface area contributed by atoms with E-state index in [9.17, 15) is 33.9 Å². The first-order chi connectivity index (χ1) is 30.6. The van der Waals surface area contributed by atoms with Gasteiger partial charge in [0.1, 0.15) is 23.5 Å². The minimum absolute atomic E-state index is 0.0213. The van der Waals surface area contributed by atoms with E-state index in [2.05, 4.69) is 10.6 Å². The second-order valence-corrected chi connectivity index (χ2v) is 21.1. The van der Waals surface area contributed by atoms with Gasteiger partial charge in [0.15, 0.2) is 5.60 Å². The van der Waals surface area contributed by atoms with Gasteiger partial charge in [0.25, 0.3) is 0 Å². The van der Waals surface area contributed by atoms with Crippen LogP contribution in [0.1, 0.15) is 104 Å². The van der Waals surface area contributed by atoms with Gasteiger partial charge >= 0.3 is 12.1 Å². The van der Waals surface area contributed by atoms with Gasteiger partial charge in [-0.15, -0.1) is 11.8 Å². The van der Waals surface area contributed by atoms with Gasteiger partial charge in [0, 0.05) is 57.8 Å². The third-order valence-electron chi connectivity index (χ3n) is 14.0. The van der Waals surface area contributed by atoms with Crippen LogP contribution in [0.2, 0.25) is 5.02 Å². The standard InChI is InChI=1S/C48H67ClN4O11S/c1-27-12-10-13-29(3)48(60)25-35(62-45(59)51-48)30(4)41-47(7,64-41)37(24-38(54)52(9)34-22-32(20-27)21-28(2)40(34)49)63-44(58)46(5,6)61-18-11-19-65-36-23-39(55)53(43(36)57)26-31-14-16-33(17-15-31)42(56)50-8/h10,12-13,21-22,29-31,33,35-37,41,60H,11,14-20,23-26H2,1-9H3,(H,50,56)(H,51,59)/b13-10+,27-12+/t29-,30-,31?,33?,35?,36?,37+,41+,47+,48+/m1/s1. The first-order valence-electron chi connectivity index (χ1n) is 22.9. The normalized spacial score (nSPS) is 33.6. The van der Waals surface area contributed by atoms with Crippen LogP contribution in [0.4, 0.5) is 10.5 Å². The number of fused-ring (bicyclic) bond motifs is 5. The predicted molar refractivity (Wildman–Crippen MR) is 247 cm³/mol. The molecule has 0 radical (unpaired) electrons. The molecule has 3 saturated heterocycles. The van der Waals surface area contributed by atoms with Crippen LogP contribution in [0.5, 0.6) is 0 Å². The number of nitrogens with zero attached hydrogens (tertiary/aromatic N) is 2. The topological polar surface area (TPSA) is 193 Å². The number of ether oxygens (including phenoxy) is 4. The zero-order valence-electron chi connectivity index (χ0n) is 39.2. The van der Waals surface area contributed by atoms with E-state index < -0.39 is 64.4 Å². The van der Waals surface area contributed by atoms with Crippen molar-refractivity contribution in [1.82, 2.24) is 15.5 Å². The van der Waals surface area contributed by atoms with Crippen LogP contribution in [-0.4, -0.2) is 119 Å². The number of carbonyl (C=O) groups excluding carboxylic acids is 6. The van der Waals surface area contributed by atoms with Gasteiger partial charge in [-0.1, -0.05) is 55.3 Å². The molecule has 4 aliphatic heterocycles. The number of hydrogen-bond donors (Lipinski definition) is 3. The first-order valence-corrected chi connectivity index (χ1v) is 24.3. The molecule has 358 valence electrons. The molecule has 17 heteroatoms. The van der Waals surface area contributed by atoms with Crippen molar-refractivity contribution in [2.75, 3.05) is 37.9 Å². The van der Waals surface area contributed by atoms with Crippen LogP contribution < -0.4 is 15.5 Å². The van der Waals surface area contributed by atoms with Gasteiger partial charge < -0.3 is 34.3 Å². The zero-order chi connectivity index (χ0) is 47.6. The number of amides is 5. The molecular weight excluding hydrogens is 876 g/mol. The molecule has 2 unspecified atom stereocenters. The van der Waals surface area contributed by atoms with Gasteiger partial charge in [-0.05, 0) is 102 Å². The first kappa shape index (κ1) is 50.5. The SMILES string of the molecule is CNC(=O)C1CCC(CN2C(=O)CC(SCCCOC(C)(C)C(=O)O[C@H]3CC(=O)N(C)c4cc(cc(C)c4Cl)C/C(C)=C/C=C/[C@@H](C)[C@@]4(O)CC(OC(=O)N4)[C@@H](C)[C@@H]4O[C@@]34C)C2=O)CC1. The summed E-state index contributed by atoms with van der Waals surface area (Å²) in [4.78, 5) is 82.3. The number of anilines is 1. The molecule has 5 aliphatic rings. The molecule has 5 amide bonds. The van der Waals surface area contributed by atoms with Crippen molar-refractivity contribution >= 4 is 64.7 Å². The predicted octanol–water partition coefficient (Wildman–Crippen LogP) is 6.19. The third kappa shape index (κ3) is 11.6. The second-order valence-electron chi connectivity index (χ2n) is 19.4. The Morgan fingerprint density at radius 3 is 2.48 bits per heavy atom. The molecule has 1 saturated carbocycles. The number of thioether (sulfide) groups is 1. The van der Waals surface area contributed by atoms with Crippen molar-refractivity contribution in [2.45, 2.75) is 147 Å². The highest BCUT2D eigenvalue weighted by Gasteiger charge is 2.64. The molecule has 6 rings (SSSR count). The lowest BCUT2D eigenvalue weighted by Gasteiger charge is -2.41. The Balaban J connectivity index is 1.11. The Bertz CT molecular complexity index is 2070. The van der Waals surface area contributed by atoms with E-state index >= 15 is 0 Å².